The highest BCUT2D eigenvalue weighted by Gasteiger charge is 2.17. The minimum absolute atomic E-state index is 0.0978. The first-order valence-corrected chi connectivity index (χ1v) is 8.84. The molecule has 1 heterocycles. The van der Waals surface area contributed by atoms with E-state index in [9.17, 15) is 10.1 Å². The summed E-state index contributed by atoms with van der Waals surface area (Å²) in [4.78, 5) is 17.0. The number of hydrogen-bond donors (Lipinski definition) is 1. The van der Waals surface area contributed by atoms with Crippen LogP contribution in [0.25, 0.3) is 17.0 Å². The van der Waals surface area contributed by atoms with Gasteiger partial charge in [-0.25, -0.2) is 0 Å². The summed E-state index contributed by atoms with van der Waals surface area (Å²) in [6.07, 6.45) is 5.25. The van der Waals surface area contributed by atoms with Crippen LogP contribution in [-0.4, -0.2) is 24.1 Å². The molecule has 124 valence electrons. The Kier molecular flexibility index (Phi) is 4.92. The number of carbonyl (C=O) groups excluding carboxylic acids is 1. The molecule has 3 rings (SSSR count). The maximum absolute atomic E-state index is 12.8. The third-order valence-corrected chi connectivity index (χ3v) is 4.67. The number of nitriles is 1. The Morgan fingerprint density at radius 1 is 1.24 bits per heavy atom. The van der Waals surface area contributed by atoms with Gasteiger partial charge in [-0.3, -0.25) is 4.79 Å². The maximum atomic E-state index is 12.8. The first-order valence-electron chi connectivity index (χ1n) is 7.62. The number of nitrogens with zero attached hydrogens (tertiary/aromatic N) is 1. The number of carbonyl (C=O) groups is 1. The summed E-state index contributed by atoms with van der Waals surface area (Å²) in [5.74, 6) is 0.354. The van der Waals surface area contributed by atoms with Gasteiger partial charge in [0.2, 0.25) is 5.78 Å². The fourth-order valence-corrected chi connectivity index (χ4v) is 2.98. The van der Waals surface area contributed by atoms with Crippen molar-refractivity contribution in [1.29, 1.82) is 5.26 Å². The zero-order valence-corrected chi connectivity index (χ0v) is 14.7. The van der Waals surface area contributed by atoms with Crippen LogP contribution in [0, 0.1) is 11.3 Å². The van der Waals surface area contributed by atoms with Crippen LogP contribution in [0.2, 0.25) is 0 Å². The number of ether oxygens (including phenoxy) is 1. The maximum Gasteiger partial charge on any atom is 0.205 e. The molecule has 0 saturated heterocycles. The Hall–Kier alpha value is -2.97. The van der Waals surface area contributed by atoms with E-state index in [1.165, 1.54) is 0 Å². The van der Waals surface area contributed by atoms with Crippen LogP contribution in [-0.2, 0) is 0 Å². The highest BCUT2D eigenvalue weighted by Crippen LogP contribution is 2.26. The Balaban J connectivity index is 2.00. The molecule has 1 N–H and O–H groups in total. The molecule has 0 atom stereocenters. The van der Waals surface area contributed by atoms with Gasteiger partial charge < -0.3 is 9.72 Å². The molecule has 0 bridgehead atoms. The topological polar surface area (TPSA) is 65.9 Å². The quantitative estimate of drug-likeness (QED) is 0.314. The lowest BCUT2D eigenvalue weighted by Crippen LogP contribution is -2.01. The average Bonchev–Trinajstić information content (AvgIpc) is 3.09. The van der Waals surface area contributed by atoms with Crippen LogP contribution >= 0.6 is 11.8 Å². The molecule has 5 heteroatoms. The van der Waals surface area contributed by atoms with E-state index in [1.807, 2.05) is 48.7 Å². The van der Waals surface area contributed by atoms with Crippen molar-refractivity contribution in [2.24, 2.45) is 0 Å². The number of thioether (sulfide) groups is 1. The molecule has 0 radical (unpaired) electrons. The van der Waals surface area contributed by atoms with Gasteiger partial charge in [0.1, 0.15) is 17.4 Å². The Bertz CT molecular complexity index is 995. The molecule has 0 saturated carbocycles. The number of aromatic nitrogens is 1. The number of benzene rings is 2. The second-order valence-corrected chi connectivity index (χ2v) is 6.27. The van der Waals surface area contributed by atoms with E-state index in [0.717, 1.165) is 21.4 Å². The van der Waals surface area contributed by atoms with Crippen molar-refractivity contribution in [1.82, 2.24) is 4.98 Å². The van der Waals surface area contributed by atoms with Crippen LogP contribution in [0.15, 0.2) is 59.1 Å². The van der Waals surface area contributed by atoms with Crippen molar-refractivity contribution in [3.8, 4) is 11.8 Å². The standard InChI is InChI=1S/C20H16N2O2S/c1-24-15-5-8-19-17(10-15)18(12-22-19)20(23)14(11-21)9-13-3-6-16(25-2)7-4-13/h3-10,12,22H,1-2H3/b14-9+. The number of methoxy groups -OCH3 is 1. The van der Waals surface area contributed by atoms with Crippen molar-refractivity contribution in [2.75, 3.05) is 13.4 Å². The lowest BCUT2D eigenvalue weighted by Gasteiger charge is -2.02. The summed E-state index contributed by atoms with van der Waals surface area (Å²) in [7, 11) is 1.58. The predicted molar refractivity (Wildman–Crippen MR) is 101 cm³/mol. The van der Waals surface area contributed by atoms with E-state index in [0.29, 0.717) is 11.3 Å². The summed E-state index contributed by atoms with van der Waals surface area (Å²) in [5.41, 5.74) is 2.20. The monoisotopic (exact) mass is 348 g/mol. The van der Waals surface area contributed by atoms with Gasteiger partial charge in [-0.1, -0.05) is 12.1 Å². The molecular formula is C20H16N2O2S. The van der Waals surface area contributed by atoms with Crippen LogP contribution in [0.5, 0.6) is 5.75 Å². The minimum Gasteiger partial charge on any atom is -0.497 e. The van der Waals surface area contributed by atoms with E-state index in [-0.39, 0.29) is 11.4 Å². The first kappa shape index (κ1) is 16.9. The molecule has 25 heavy (non-hydrogen) atoms. The molecule has 0 fully saturated rings. The van der Waals surface area contributed by atoms with Gasteiger partial charge in [-0.05, 0) is 48.2 Å². The second kappa shape index (κ2) is 7.29. The number of aromatic amines is 1. The van der Waals surface area contributed by atoms with Gasteiger partial charge in [0.25, 0.3) is 0 Å². The number of nitrogens with one attached hydrogen (secondary N) is 1. The Morgan fingerprint density at radius 2 is 2.00 bits per heavy atom. The van der Waals surface area contributed by atoms with Crippen molar-refractivity contribution in [3.05, 3.63) is 65.4 Å². The fourth-order valence-electron chi connectivity index (χ4n) is 2.58. The molecule has 2 aromatic carbocycles. The SMILES string of the molecule is COc1ccc2[nH]cc(C(=O)/C(C#N)=C/c3ccc(SC)cc3)c2c1. The number of H-pyrrole nitrogens is 1. The largest absolute Gasteiger partial charge is 0.497 e. The number of Topliss-reactive ketones (excluding diaryl/α,β-unsaturated/α-hetero) is 1. The van der Waals surface area contributed by atoms with Gasteiger partial charge >= 0.3 is 0 Å². The summed E-state index contributed by atoms with van der Waals surface area (Å²) in [6.45, 7) is 0. The number of fused-ring (bicyclic) bond motifs is 1. The second-order valence-electron chi connectivity index (χ2n) is 5.39. The lowest BCUT2D eigenvalue weighted by atomic mass is 10.0. The first-order chi connectivity index (χ1) is 12.2. The zero-order chi connectivity index (χ0) is 17.8. The molecule has 0 aliphatic heterocycles. The van der Waals surface area contributed by atoms with E-state index in [1.54, 1.807) is 37.2 Å². The smallest absolute Gasteiger partial charge is 0.205 e. The summed E-state index contributed by atoms with van der Waals surface area (Å²) >= 11 is 1.64. The third kappa shape index (κ3) is 3.44. The van der Waals surface area contributed by atoms with Gasteiger partial charge in [0.15, 0.2) is 0 Å². The molecule has 0 aliphatic carbocycles. The summed E-state index contributed by atoms with van der Waals surface area (Å²) < 4.78 is 5.22. The molecule has 4 nitrogen and oxygen atoms in total. The van der Waals surface area contributed by atoms with E-state index >= 15 is 0 Å². The molecular weight excluding hydrogens is 332 g/mol. The van der Waals surface area contributed by atoms with Crippen LogP contribution < -0.4 is 4.74 Å². The van der Waals surface area contributed by atoms with Gasteiger partial charge in [0.05, 0.1) is 7.11 Å². The summed E-state index contributed by atoms with van der Waals surface area (Å²) in [5, 5.41) is 10.2. The number of hydrogen-bond acceptors (Lipinski definition) is 4. The number of allylic oxidation sites excluding steroid dienone is 1. The van der Waals surface area contributed by atoms with E-state index < -0.39 is 0 Å². The fraction of sp³-hybridized carbons (Fsp3) is 0.100. The van der Waals surface area contributed by atoms with E-state index in [4.69, 9.17) is 4.74 Å². The van der Waals surface area contributed by atoms with Crippen molar-refractivity contribution >= 4 is 34.5 Å². The van der Waals surface area contributed by atoms with E-state index in [2.05, 4.69) is 4.98 Å². The van der Waals surface area contributed by atoms with Crippen LogP contribution in [0.4, 0.5) is 0 Å². The molecule has 0 amide bonds. The summed E-state index contributed by atoms with van der Waals surface area (Å²) in [6, 6.07) is 15.2. The molecule has 1 aromatic heterocycles. The van der Waals surface area contributed by atoms with Gasteiger partial charge in [-0.2, -0.15) is 5.26 Å². The van der Waals surface area contributed by atoms with Crippen molar-refractivity contribution in [3.63, 3.8) is 0 Å². The van der Waals surface area contributed by atoms with Crippen LogP contribution in [0.1, 0.15) is 15.9 Å². The molecule has 3 aromatic rings. The van der Waals surface area contributed by atoms with Gasteiger partial charge in [0, 0.05) is 27.6 Å². The number of rotatable bonds is 5. The lowest BCUT2D eigenvalue weighted by molar-refractivity contribution is 0.104. The highest BCUT2D eigenvalue weighted by atomic mass is 32.2. The minimum atomic E-state index is -0.309. The van der Waals surface area contributed by atoms with Crippen LogP contribution in [0.3, 0.4) is 0 Å². The number of ketones is 1. The zero-order valence-electron chi connectivity index (χ0n) is 13.9. The van der Waals surface area contributed by atoms with Crippen molar-refractivity contribution < 1.29 is 9.53 Å². The normalized spacial score (nSPS) is 11.3. The Morgan fingerprint density at radius 3 is 2.64 bits per heavy atom. The highest BCUT2D eigenvalue weighted by molar-refractivity contribution is 7.98. The molecule has 0 aliphatic rings. The van der Waals surface area contributed by atoms with Crippen molar-refractivity contribution in [2.45, 2.75) is 4.90 Å². The molecule has 0 unspecified atom stereocenters. The predicted octanol–water partition coefficient (Wildman–Crippen LogP) is 4.69. The Labute approximate surface area is 150 Å². The average molecular weight is 348 g/mol. The third-order valence-electron chi connectivity index (χ3n) is 3.93. The van der Waals surface area contributed by atoms with Gasteiger partial charge in [-0.15, -0.1) is 11.8 Å². The molecule has 0 spiro atoms.